The van der Waals surface area contributed by atoms with E-state index in [0.717, 1.165) is 50.1 Å². The zero-order valence-corrected chi connectivity index (χ0v) is 19.5. The van der Waals surface area contributed by atoms with E-state index in [9.17, 15) is 4.79 Å². The molecule has 4 aromatic rings. The van der Waals surface area contributed by atoms with Gasteiger partial charge in [0.1, 0.15) is 0 Å². The number of nitrogens with zero attached hydrogens (tertiary/aromatic N) is 1. The normalized spacial score (nSPS) is 14.2. The van der Waals surface area contributed by atoms with E-state index >= 15 is 0 Å². The Hall–Kier alpha value is -3.63. The summed E-state index contributed by atoms with van der Waals surface area (Å²) in [7, 11) is 0. The zero-order valence-electron chi connectivity index (χ0n) is 19.5. The minimum Gasteiger partial charge on any atom is -0.361 e. The number of unbranched alkanes of at least 4 members (excludes halogenated alkanes) is 1. The summed E-state index contributed by atoms with van der Waals surface area (Å²) in [4.78, 5) is 18.4. The summed E-state index contributed by atoms with van der Waals surface area (Å²) in [5.41, 5.74) is 6.77. The number of nitrogens with one attached hydrogen (secondary N) is 2. The Labute approximate surface area is 201 Å². The third kappa shape index (κ3) is 5.29. The van der Waals surface area contributed by atoms with Crippen molar-refractivity contribution in [2.24, 2.45) is 0 Å². The van der Waals surface area contributed by atoms with E-state index in [1.165, 1.54) is 28.5 Å². The first kappa shape index (κ1) is 22.2. The van der Waals surface area contributed by atoms with Crippen LogP contribution >= 0.6 is 0 Å². The van der Waals surface area contributed by atoms with E-state index in [-0.39, 0.29) is 5.91 Å². The Balaban J connectivity index is 1.13. The quantitative estimate of drug-likeness (QED) is 0.300. The van der Waals surface area contributed by atoms with Crippen LogP contribution in [0.2, 0.25) is 0 Å². The predicted molar refractivity (Wildman–Crippen MR) is 141 cm³/mol. The van der Waals surface area contributed by atoms with Gasteiger partial charge in [-0.2, -0.15) is 0 Å². The molecule has 0 atom stereocenters. The first-order valence-electron chi connectivity index (χ1n) is 12.2. The van der Waals surface area contributed by atoms with Crippen molar-refractivity contribution in [1.82, 2.24) is 9.88 Å². The van der Waals surface area contributed by atoms with Crippen molar-refractivity contribution >= 4 is 28.1 Å². The molecule has 1 amide bonds. The lowest BCUT2D eigenvalue weighted by atomic mass is 9.99. The van der Waals surface area contributed by atoms with Crippen molar-refractivity contribution in [3.8, 4) is 0 Å². The summed E-state index contributed by atoms with van der Waals surface area (Å²) >= 11 is 0. The van der Waals surface area contributed by atoms with Crippen LogP contribution in [0.1, 0.15) is 40.7 Å². The van der Waals surface area contributed by atoms with E-state index < -0.39 is 0 Å². The summed E-state index contributed by atoms with van der Waals surface area (Å²) in [5, 5.41) is 4.22. The maximum absolute atomic E-state index is 12.5. The standard InChI is InChI=1S/C30H31N3O/c34-30(25-11-5-2-6-12-25)32-27-14-15-29-28(21-27)26(22-31-29)13-7-8-18-33-19-16-24(17-20-33)23-9-3-1-4-10-23/h1-6,9-12,14-16,21-22,31H,7-8,13,17-20H2,(H,32,34). The molecule has 0 radical (unpaired) electrons. The number of carbonyl (C=O) groups is 1. The van der Waals surface area contributed by atoms with Gasteiger partial charge in [0, 0.05) is 41.4 Å². The van der Waals surface area contributed by atoms with E-state index in [1.807, 2.05) is 42.5 Å². The van der Waals surface area contributed by atoms with Crippen LogP contribution in [0.4, 0.5) is 5.69 Å². The molecule has 0 unspecified atom stereocenters. The van der Waals surface area contributed by atoms with Gasteiger partial charge >= 0.3 is 0 Å². The SMILES string of the molecule is O=C(Nc1ccc2[nH]cc(CCCCN3CC=C(c4ccccc4)CC3)c2c1)c1ccccc1. The predicted octanol–water partition coefficient (Wildman–Crippen LogP) is 6.53. The van der Waals surface area contributed by atoms with Gasteiger partial charge < -0.3 is 10.3 Å². The molecule has 2 N–H and O–H groups in total. The van der Waals surface area contributed by atoms with E-state index in [2.05, 4.69) is 63.9 Å². The third-order valence-electron chi connectivity index (χ3n) is 6.67. The molecule has 0 saturated heterocycles. The number of anilines is 1. The summed E-state index contributed by atoms with van der Waals surface area (Å²) < 4.78 is 0. The minimum atomic E-state index is -0.0805. The average molecular weight is 450 g/mol. The Kier molecular flexibility index (Phi) is 6.87. The van der Waals surface area contributed by atoms with Crippen molar-refractivity contribution in [2.45, 2.75) is 25.7 Å². The molecule has 0 bridgehead atoms. The van der Waals surface area contributed by atoms with Crippen LogP contribution in [0.5, 0.6) is 0 Å². The molecule has 0 spiro atoms. The topological polar surface area (TPSA) is 48.1 Å². The molecule has 1 aromatic heterocycles. The maximum Gasteiger partial charge on any atom is 0.255 e. The molecule has 3 aromatic carbocycles. The fraction of sp³-hybridized carbons (Fsp3) is 0.233. The monoisotopic (exact) mass is 449 g/mol. The summed E-state index contributed by atoms with van der Waals surface area (Å²) in [6, 6.07) is 26.2. The van der Waals surface area contributed by atoms with Crippen molar-refractivity contribution in [1.29, 1.82) is 0 Å². The molecular formula is C30H31N3O. The third-order valence-corrected chi connectivity index (χ3v) is 6.67. The number of aromatic nitrogens is 1. The number of H-pyrrole nitrogens is 1. The van der Waals surface area contributed by atoms with Crippen LogP contribution in [0, 0.1) is 0 Å². The number of aryl methyl sites for hydroxylation is 1. The van der Waals surface area contributed by atoms with Crippen molar-refractivity contribution in [3.63, 3.8) is 0 Å². The lowest BCUT2D eigenvalue weighted by Gasteiger charge is -2.26. The van der Waals surface area contributed by atoms with Crippen LogP contribution in [0.3, 0.4) is 0 Å². The Morgan fingerprint density at radius 3 is 2.50 bits per heavy atom. The molecule has 4 nitrogen and oxygen atoms in total. The highest BCUT2D eigenvalue weighted by Crippen LogP contribution is 2.25. The number of hydrogen-bond acceptors (Lipinski definition) is 2. The second-order valence-electron chi connectivity index (χ2n) is 9.00. The van der Waals surface area contributed by atoms with Crippen LogP contribution < -0.4 is 5.32 Å². The minimum absolute atomic E-state index is 0.0805. The average Bonchev–Trinajstić information content (AvgIpc) is 3.30. The Bertz CT molecular complexity index is 1270. The Morgan fingerprint density at radius 1 is 0.941 bits per heavy atom. The molecule has 0 fully saturated rings. The molecule has 2 heterocycles. The number of amides is 1. The van der Waals surface area contributed by atoms with Gasteiger partial charge in [0.2, 0.25) is 0 Å². The van der Waals surface area contributed by atoms with Crippen LogP contribution in [0.15, 0.2) is 91.1 Å². The lowest BCUT2D eigenvalue weighted by Crippen LogP contribution is -2.29. The molecule has 5 rings (SSSR count). The molecule has 1 aliphatic rings. The number of benzene rings is 3. The lowest BCUT2D eigenvalue weighted by molar-refractivity contribution is 0.102. The smallest absolute Gasteiger partial charge is 0.255 e. The van der Waals surface area contributed by atoms with Crippen molar-refractivity contribution in [2.75, 3.05) is 25.0 Å². The van der Waals surface area contributed by atoms with Crippen molar-refractivity contribution in [3.05, 3.63) is 108 Å². The number of carbonyl (C=O) groups excluding carboxylic acids is 1. The van der Waals surface area contributed by atoms with Crippen molar-refractivity contribution < 1.29 is 4.79 Å². The summed E-state index contributed by atoms with van der Waals surface area (Å²) in [5.74, 6) is -0.0805. The molecule has 0 saturated carbocycles. The van der Waals surface area contributed by atoms with Crippen LogP contribution in [-0.4, -0.2) is 35.4 Å². The number of aromatic amines is 1. The van der Waals surface area contributed by atoms with Gasteiger partial charge in [-0.1, -0.05) is 54.6 Å². The van der Waals surface area contributed by atoms with Gasteiger partial charge in [0.15, 0.2) is 0 Å². The zero-order chi connectivity index (χ0) is 23.2. The number of rotatable bonds is 8. The highest BCUT2D eigenvalue weighted by Gasteiger charge is 2.13. The highest BCUT2D eigenvalue weighted by atomic mass is 16.1. The van der Waals surface area contributed by atoms with Crippen LogP contribution in [-0.2, 0) is 6.42 Å². The largest absolute Gasteiger partial charge is 0.361 e. The number of hydrogen-bond donors (Lipinski definition) is 2. The van der Waals surface area contributed by atoms with E-state index in [0.29, 0.717) is 5.56 Å². The second kappa shape index (κ2) is 10.5. The fourth-order valence-corrected chi connectivity index (χ4v) is 4.74. The van der Waals surface area contributed by atoms with E-state index in [4.69, 9.17) is 0 Å². The summed E-state index contributed by atoms with van der Waals surface area (Å²) in [6.07, 6.45) is 9.01. The second-order valence-corrected chi connectivity index (χ2v) is 9.00. The maximum atomic E-state index is 12.5. The van der Waals surface area contributed by atoms with E-state index in [1.54, 1.807) is 0 Å². The molecular weight excluding hydrogens is 418 g/mol. The highest BCUT2D eigenvalue weighted by molar-refractivity contribution is 6.05. The first-order valence-corrected chi connectivity index (χ1v) is 12.2. The molecule has 4 heteroatoms. The van der Waals surface area contributed by atoms with Gasteiger partial charge in [-0.3, -0.25) is 9.69 Å². The van der Waals surface area contributed by atoms with Gasteiger partial charge in [-0.25, -0.2) is 0 Å². The van der Waals surface area contributed by atoms with Gasteiger partial charge in [-0.15, -0.1) is 0 Å². The first-order chi connectivity index (χ1) is 16.8. The molecule has 34 heavy (non-hydrogen) atoms. The summed E-state index contributed by atoms with van der Waals surface area (Å²) in [6.45, 7) is 3.32. The Morgan fingerprint density at radius 2 is 1.74 bits per heavy atom. The molecule has 0 aliphatic carbocycles. The number of fused-ring (bicyclic) bond motifs is 1. The fourth-order valence-electron chi connectivity index (χ4n) is 4.74. The van der Waals surface area contributed by atoms with Gasteiger partial charge in [0.25, 0.3) is 5.91 Å². The molecule has 172 valence electrons. The van der Waals surface area contributed by atoms with Gasteiger partial charge in [0.05, 0.1) is 0 Å². The van der Waals surface area contributed by atoms with Crippen LogP contribution in [0.25, 0.3) is 16.5 Å². The van der Waals surface area contributed by atoms with Gasteiger partial charge in [-0.05, 0) is 79.3 Å². The molecule has 1 aliphatic heterocycles.